The molecular formula is C12H14F3NO. The van der Waals surface area contributed by atoms with Crippen molar-refractivity contribution in [3.05, 3.63) is 35.4 Å². The van der Waals surface area contributed by atoms with Crippen LogP contribution in [-0.4, -0.2) is 11.9 Å². The highest BCUT2D eigenvalue weighted by atomic mass is 19.4. The molecular weight excluding hydrogens is 231 g/mol. The summed E-state index contributed by atoms with van der Waals surface area (Å²) in [7, 11) is 0. The van der Waals surface area contributed by atoms with Gasteiger partial charge in [-0.15, -0.1) is 0 Å². The average Bonchev–Trinajstić information content (AvgIpc) is 2.15. The van der Waals surface area contributed by atoms with Crippen molar-refractivity contribution in [1.29, 1.82) is 0 Å². The topological polar surface area (TPSA) is 29.1 Å². The molecule has 0 aliphatic rings. The number of rotatable bonds is 3. The van der Waals surface area contributed by atoms with Crippen molar-refractivity contribution in [3.63, 3.8) is 0 Å². The Morgan fingerprint density at radius 3 is 2.59 bits per heavy atom. The van der Waals surface area contributed by atoms with Crippen molar-refractivity contribution in [3.8, 4) is 0 Å². The Morgan fingerprint density at radius 2 is 2.06 bits per heavy atom. The van der Waals surface area contributed by atoms with E-state index in [0.717, 1.165) is 12.1 Å². The smallest absolute Gasteiger partial charge is 0.354 e. The molecule has 1 atom stereocenters. The standard InChI is InChI=1S/C12H14F3NO/c1-8(16-9(2)17)6-10-4-3-5-11(7-10)12(13,14)15/h3-5,7-8H,6H2,1-2H3,(H,16,17)/t8-/m0/s1. The summed E-state index contributed by atoms with van der Waals surface area (Å²) in [5.41, 5.74) is -0.105. The van der Waals surface area contributed by atoms with Gasteiger partial charge in [0.25, 0.3) is 0 Å². The van der Waals surface area contributed by atoms with Gasteiger partial charge < -0.3 is 5.32 Å². The van der Waals surface area contributed by atoms with Crippen LogP contribution in [0.1, 0.15) is 25.0 Å². The zero-order valence-corrected chi connectivity index (χ0v) is 9.64. The molecule has 0 bridgehead atoms. The third-order valence-electron chi connectivity index (χ3n) is 2.25. The van der Waals surface area contributed by atoms with Gasteiger partial charge in [0.2, 0.25) is 5.91 Å². The molecule has 1 aromatic rings. The van der Waals surface area contributed by atoms with E-state index in [1.807, 2.05) is 0 Å². The van der Waals surface area contributed by atoms with Gasteiger partial charge in [-0.2, -0.15) is 13.2 Å². The third-order valence-corrected chi connectivity index (χ3v) is 2.25. The minimum Gasteiger partial charge on any atom is -0.354 e. The van der Waals surface area contributed by atoms with E-state index in [9.17, 15) is 18.0 Å². The van der Waals surface area contributed by atoms with Crippen molar-refractivity contribution >= 4 is 5.91 Å². The van der Waals surface area contributed by atoms with Crippen molar-refractivity contribution in [2.75, 3.05) is 0 Å². The molecule has 0 radical (unpaired) electrons. The van der Waals surface area contributed by atoms with E-state index < -0.39 is 11.7 Å². The summed E-state index contributed by atoms with van der Waals surface area (Å²) in [6.45, 7) is 3.13. The van der Waals surface area contributed by atoms with E-state index >= 15 is 0 Å². The molecule has 17 heavy (non-hydrogen) atoms. The van der Waals surface area contributed by atoms with E-state index in [0.29, 0.717) is 12.0 Å². The zero-order valence-electron chi connectivity index (χ0n) is 9.64. The van der Waals surface area contributed by atoms with Crippen molar-refractivity contribution in [1.82, 2.24) is 5.32 Å². The van der Waals surface area contributed by atoms with Crippen LogP contribution in [0.3, 0.4) is 0 Å². The number of alkyl halides is 3. The molecule has 0 aromatic heterocycles. The number of carbonyl (C=O) groups is 1. The van der Waals surface area contributed by atoms with Gasteiger partial charge in [0.1, 0.15) is 0 Å². The van der Waals surface area contributed by atoms with Crippen LogP contribution in [0, 0.1) is 0 Å². The van der Waals surface area contributed by atoms with Gasteiger partial charge in [-0.1, -0.05) is 18.2 Å². The largest absolute Gasteiger partial charge is 0.416 e. The van der Waals surface area contributed by atoms with Crippen LogP contribution in [0.25, 0.3) is 0 Å². The summed E-state index contributed by atoms with van der Waals surface area (Å²) in [5, 5.41) is 2.63. The quantitative estimate of drug-likeness (QED) is 0.871. The molecule has 5 heteroatoms. The van der Waals surface area contributed by atoms with Crippen LogP contribution >= 0.6 is 0 Å². The van der Waals surface area contributed by atoms with Crippen molar-refractivity contribution < 1.29 is 18.0 Å². The van der Waals surface area contributed by atoms with Crippen LogP contribution in [0.2, 0.25) is 0 Å². The summed E-state index contributed by atoms with van der Waals surface area (Å²) in [6, 6.07) is 4.95. The Labute approximate surface area is 97.8 Å². The highest BCUT2D eigenvalue weighted by molar-refractivity contribution is 5.73. The fourth-order valence-electron chi connectivity index (χ4n) is 1.63. The Morgan fingerprint density at radius 1 is 1.41 bits per heavy atom. The molecule has 94 valence electrons. The molecule has 1 aromatic carbocycles. The Bertz CT molecular complexity index is 401. The fraction of sp³-hybridized carbons (Fsp3) is 0.417. The molecule has 0 unspecified atom stereocenters. The Kier molecular flexibility index (Phi) is 4.15. The highest BCUT2D eigenvalue weighted by Crippen LogP contribution is 2.29. The van der Waals surface area contributed by atoms with Gasteiger partial charge in [-0.3, -0.25) is 4.79 Å². The molecule has 0 spiro atoms. The monoisotopic (exact) mass is 245 g/mol. The van der Waals surface area contributed by atoms with Crippen LogP contribution in [0.4, 0.5) is 13.2 Å². The summed E-state index contributed by atoms with van der Waals surface area (Å²) in [6.07, 6.45) is -3.95. The lowest BCUT2D eigenvalue weighted by atomic mass is 10.0. The third kappa shape index (κ3) is 4.46. The lowest BCUT2D eigenvalue weighted by molar-refractivity contribution is -0.137. The second kappa shape index (κ2) is 5.21. The van der Waals surface area contributed by atoms with Crippen LogP contribution in [0.15, 0.2) is 24.3 Å². The van der Waals surface area contributed by atoms with Gasteiger partial charge in [-0.05, 0) is 25.0 Å². The minimum atomic E-state index is -4.33. The number of amides is 1. The van der Waals surface area contributed by atoms with Crippen molar-refractivity contribution in [2.45, 2.75) is 32.5 Å². The second-order valence-corrected chi connectivity index (χ2v) is 4.00. The number of hydrogen-bond acceptors (Lipinski definition) is 1. The predicted octanol–water partition coefficient (Wildman–Crippen LogP) is 2.77. The van der Waals surface area contributed by atoms with E-state index in [1.54, 1.807) is 13.0 Å². The van der Waals surface area contributed by atoms with Crippen LogP contribution < -0.4 is 5.32 Å². The first-order chi connectivity index (χ1) is 7.79. The van der Waals surface area contributed by atoms with Gasteiger partial charge in [-0.25, -0.2) is 0 Å². The normalized spacial score (nSPS) is 13.2. The molecule has 0 saturated heterocycles. The second-order valence-electron chi connectivity index (χ2n) is 4.00. The predicted molar refractivity (Wildman–Crippen MR) is 58.4 cm³/mol. The lowest BCUT2D eigenvalue weighted by Gasteiger charge is -2.14. The number of carbonyl (C=O) groups excluding carboxylic acids is 1. The van der Waals surface area contributed by atoms with E-state index in [4.69, 9.17) is 0 Å². The molecule has 1 amide bonds. The highest BCUT2D eigenvalue weighted by Gasteiger charge is 2.30. The number of nitrogens with one attached hydrogen (secondary N) is 1. The maximum absolute atomic E-state index is 12.4. The van der Waals surface area contributed by atoms with Crippen molar-refractivity contribution in [2.24, 2.45) is 0 Å². The Balaban J connectivity index is 2.76. The maximum atomic E-state index is 12.4. The minimum absolute atomic E-state index is 0.184. The van der Waals surface area contributed by atoms with Crippen LogP contribution in [0.5, 0.6) is 0 Å². The number of benzene rings is 1. The summed E-state index contributed by atoms with van der Waals surface area (Å²) < 4.78 is 37.3. The average molecular weight is 245 g/mol. The van der Waals surface area contributed by atoms with E-state index in [1.165, 1.54) is 13.0 Å². The van der Waals surface area contributed by atoms with Gasteiger partial charge in [0.15, 0.2) is 0 Å². The first-order valence-corrected chi connectivity index (χ1v) is 5.22. The van der Waals surface area contributed by atoms with Crippen LogP contribution in [-0.2, 0) is 17.4 Å². The molecule has 2 nitrogen and oxygen atoms in total. The maximum Gasteiger partial charge on any atom is 0.416 e. The fourth-order valence-corrected chi connectivity index (χ4v) is 1.63. The first kappa shape index (κ1) is 13.5. The lowest BCUT2D eigenvalue weighted by Crippen LogP contribution is -2.32. The summed E-state index contributed by atoms with van der Waals surface area (Å²) in [5.74, 6) is -0.190. The molecule has 0 fully saturated rings. The molecule has 0 aliphatic heterocycles. The number of hydrogen-bond donors (Lipinski definition) is 1. The molecule has 0 saturated carbocycles. The molecule has 1 N–H and O–H groups in total. The zero-order chi connectivity index (χ0) is 13.1. The SMILES string of the molecule is CC(=O)N[C@@H](C)Cc1cccc(C(F)(F)F)c1. The molecule has 0 heterocycles. The molecule has 1 rings (SSSR count). The van der Waals surface area contributed by atoms with E-state index in [2.05, 4.69) is 5.32 Å². The van der Waals surface area contributed by atoms with Gasteiger partial charge in [0.05, 0.1) is 5.56 Å². The molecule has 0 aliphatic carbocycles. The Hall–Kier alpha value is -1.52. The summed E-state index contributed by atoms with van der Waals surface area (Å²) in [4.78, 5) is 10.8. The summed E-state index contributed by atoms with van der Waals surface area (Å²) >= 11 is 0. The van der Waals surface area contributed by atoms with Gasteiger partial charge >= 0.3 is 6.18 Å². The van der Waals surface area contributed by atoms with Gasteiger partial charge in [0, 0.05) is 13.0 Å². The number of halogens is 3. The first-order valence-electron chi connectivity index (χ1n) is 5.22. The van der Waals surface area contributed by atoms with E-state index in [-0.39, 0.29) is 11.9 Å².